The molecule has 5 atom stereocenters. The van der Waals surface area contributed by atoms with Crippen molar-refractivity contribution in [3.8, 4) is 0 Å². The van der Waals surface area contributed by atoms with Gasteiger partial charge in [0, 0.05) is 31.1 Å². The summed E-state index contributed by atoms with van der Waals surface area (Å²) in [5, 5.41) is 29.0. The third kappa shape index (κ3) is 6.15. The number of carbonyl (C=O) groups is 1. The Morgan fingerprint density at radius 3 is 2.88 bits per heavy atom. The number of fused-ring (bicyclic) bond motifs is 1. The lowest BCUT2D eigenvalue weighted by Crippen LogP contribution is -2.18. The van der Waals surface area contributed by atoms with Crippen molar-refractivity contribution in [3.05, 3.63) is 24.0 Å². The SMILES string of the molecule is CCCCC[C@H](O)/C=C\[C@@H]1[C@H]2C/C(=C/CCCC(=O)O)O[C@H]2C[C@H]1O. The van der Waals surface area contributed by atoms with Gasteiger partial charge in [0.2, 0.25) is 0 Å². The molecule has 2 aliphatic rings. The van der Waals surface area contributed by atoms with Crippen LogP contribution in [0, 0.1) is 11.8 Å². The summed E-state index contributed by atoms with van der Waals surface area (Å²) in [5.74, 6) is 0.429. The Labute approximate surface area is 150 Å². The summed E-state index contributed by atoms with van der Waals surface area (Å²) < 4.78 is 5.94. The first-order valence-electron chi connectivity index (χ1n) is 9.63. The highest BCUT2D eigenvalue weighted by molar-refractivity contribution is 5.66. The first kappa shape index (κ1) is 20.0. The van der Waals surface area contributed by atoms with Crippen LogP contribution in [0.2, 0.25) is 0 Å². The topological polar surface area (TPSA) is 87.0 Å². The second-order valence-electron chi connectivity index (χ2n) is 7.31. The lowest BCUT2D eigenvalue weighted by molar-refractivity contribution is -0.137. The van der Waals surface area contributed by atoms with E-state index in [1.54, 1.807) is 0 Å². The number of allylic oxidation sites excluding steroid dienone is 2. The number of carboxylic acid groups (broad SMARTS) is 1. The Morgan fingerprint density at radius 1 is 1.36 bits per heavy atom. The Morgan fingerprint density at radius 2 is 2.16 bits per heavy atom. The molecule has 1 saturated carbocycles. The van der Waals surface area contributed by atoms with Crippen LogP contribution in [0.4, 0.5) is 0 Å². The quantitative estimate of drug-likeness (QED) is 0.414. The van der Waals surface area contributed by atoms with Gasteiger partial charge in [-0.3, -0.25) is 4.79 Å². The van der Waals surface area contributed by atoms with Crippen molar-refractivity contribution in [2.45, 2.75) is 83.0 Å². The summed E-state index contributed by atoms with van der Waals surface area (Å²) in [6, 6.07) is 0. The molecule has 0 unspecified atom stereocenters. The highest BCUT2D eigenvalue weighted by Crippen LogP contribution is 2.45. The largest absolute Gasteiger partial charge is 0.495 e. The first-order chi connectivity index (χ1) is 12.0. The average Bonchev–Trinajstić information content (AvgIpc) is 3.06. The van der Waals surface area contributed by atoms with Gasteiger partial charge in [-0.1, -0.05) is 38.3 Å². The monoisotopic (exact) mass is 352 g/mol. The highest BCUT2D eigenvalue weighted by Gasteiger charge is 2.46. The normalized spacial score (nSPS) is 31.4. The number of unbranched alkanes of at least 4 members (excludes halogenated alkanes) is 3. The molecule has 1 saturated heterocycles. The van der Waals surface area contributed by atoms with E-state index in [2.05, 4.69) is 6.92 Å². The fourth-order valence-corrected chi connectivity index (χ4v) is 3.86. The van der Waals surface area contributed by atoms with Gasteiger partial charge in [-0.25, -0.2) is 0 Å². The van der Waals surface area contributed by atoms with Crippen molar-refractivity contribution in [3.63, 3.8) is 0 Å². The Kier molecular flexibility index (Phi) is 7.97. The number of ether oxygens (including phenoxy) is 1. The van der Waals surface area contributed by atoms with E-state index < -0.39 is 18.2 Å². The van der Waals surface area contributed by atoms with Crippen LogP contribution in [-0.2, 0) is 9.53 Å². The zero-order valence-electron chi connectivity index (χ0n) is 15.1. The molecule has 0 amide bonds. The van der Waals surface area contributed by atoms with Crippen molar-refractivity contribution in [2.24, 2.45) is 11.8 Å². The van der Waals surface area contributed by atoms with Crippen LogP contribution in [-0.4, -0.2) is 39.6 Å². The number of aliphatic carboxylic acids is 1. The van der Waals surface area contributed by atoms with Gasteiger partial charge in [-0.15, -0.1) is 0 Å². The van der Waals surface area contributed by atoms with Crippen molar-refractivity contribution in [2.75, 3.05) is 0 Å². The van der Waals surface area contributed by atoms with Crippen molar-refractivity contribution in [1.82, 2.24) is 0 Å². The van der Waals surface area contributed by atoms with Gasteiger partial charge in [0.05, 0.1) is 18.0 Å². The molecule has 0 aromatic heterocycles. The molecule has 25 heavy (non-hydrogen) atoms. The first-order valence-corrected chi connectivity index (χ1v) is 9.63. The number of aliphatic hydroxyl groups is 2. The van der Waals surface area contributed by atoms with Crippen LogP contribution in [0.5, 0.6) is 0 Å². The van der Waals surface area contributed by atoms with Crippen LogP contribution in [0.15, 0.2) is 24.0 Å². The fraction of sp³-hybridized carbons (Fsp3) is 0.750. The lowest BCUT2D eigenvalue weighted by Gasteiger charge is -2.16. The molecule has 1 aliphatic carbocycles. The summed E-state index contributed by atoms with van der Waals surface area (Å²) in [6.45, 7) is 2.14. The zero-order chi connectivity index (χ0) is 18.2. The summed E-state index contributed by atoms with van der Waals surface area (Å²) >= 11 is 0. The third-order valence-electron chi connectivity index (χ3n) is 5.26. The number of aliphatic hydroxyl groups excluding tert-OH is 2. The van der Waals surface area contributed by atoms with E-state index in [1.807, 2.05) is 18.2 Å². The maximum absolute atomic E-state index is 10.5. The van der Waals surface area contributed by atoms with Crippen LogP contribution >= 0.6 is 0 Å². The van der Waals surface area contributed by atoms with Crippen molar-refractivity contribution in [1.29, 1.82) is 0 Å². The summed E-state index contributed by atoms with van der Waals surface area (Å²) in [4.78, 5) is 10.5. The van der Waals surface area contributed by atoms with Gasteiger partial charge < -0.3 is 20.1 Å². The molecule has 0 spiro atoms. The minimum atomic E-state index is -0.770. The minimum absolute atomic E-state index is 0.0238. The fourth-order valence-electron chi connectivity index (χ4n) is 3.86. The number of hydrogen-bond acceptors (Lipinski definition) is 4. The molecule has 5 nitrogen and oxygen atoms in total. The summed E-state index contributed by atoms with van der Waals surface area (Å²) in [5.41, 5.74) is 0. The molecule has 2 fully saturated rings. The van der Waals surface area contributed by atoms with E-state index in [0.717, 1.165) is 37.9 Å². The van der Waals surface area contributed by atoms with Crippen LogP contribution in [0.25, 0.3) is 0 Å². The van der Waals surface area contributed by atoms with E-state index in [9.17, 15) is 15.0 Å². The van der Waals surface area contributed by atoms with E-state index >= 15 is 0 Å². The van der Waals surface area contributed by atoms with Gasteiger partial charge in [-0.2, -0.15) is 0 Å². The smallest absolute Gasteiger partial charge is 0.303 e. The molecule has 3 N–H and O–H groups in total. The van der Waals surface area contributed by atoms with Crippen molar-refractivity contribution < 1.29 is 24.9 Å². The van der Waals surface area contributed by atoms with E-state index in [1.165, 1.54) is 0 Å². The number of hydrogen-bond donors (Lipinski definition) is 3. The maximum Gasteiger partial charge on any atom is 0.303 e. The second-order valence-corrected chi connectivity index (χ2v) is 7.31. The summed E-state index contributed by atoms with van der Waals surface area (Å²) in [7, 11) is 0. The predicted molar refractivity (Wildman–Crippen MR) is 96.0 cm³/mol. The molecule has 0 aromatic carbocycles. The molecule has 0 bridgehead atoms. The standard InChI is InChI=1S/C20H32O5/c1-2-3-4-7-14(21)10-11-16-17-12-15(8-5-6-9-20(23)24)25-19(17)13-18(16)22/h8,10-11,14,16-19,21-22H,2-7,9,12-13H2,1H3,(H,23,24)/b11-10-,15-8-/t14-,16+,17+,18+,19-/m0/s1. The van der Waals surface area contributed by atoms with Gasteiger partial charge in [0.1, 0.15) is 6.10 Å². The third-order valence-corrected chi connectivity index (χ3v) is 5.26. The number of carboxylic acids is 1. The molecule has 0 aromatic rings. The van der Waals surface area contributed by atoms with Crippen LogP contribution in [0.1, 0.15) is 64.7 Å². The van der Waals surface area contributed by atoms with Crippen LogP contribution < -0.4 is 0 Å². The molecular weight excluding hydrogens is 320 g/mol. The second kappa shape index (κ2) is 9.97. The highest BCUT2D eigenvalue weighted by atomic mass is 16.5. The molecule has 5 heteroatoms. The van der Waals surface area contributed by atoms with E-state index in [-0.39, 0.29) is 24.4 Å². The van der Waals surface area contributed by atoms with Gasteiger partial charge >= 0.3 is 5.97 Å². The number of rotatable bonds is 10. The lowest BCUT2D eigenvalue weighted by atomic mass is 9.90. The molecule has 142 valence electrons. The Hall–Kier alpha value is -1.33. The molecular formula is C20H32O5. The van der Waals surface area contributed by atoms with Crippen molar-refractivity contribution >= 4 is 5.97 Å². The minimum Gasteiger partial charge on any atom is -0.495 e. The molecule has 0 radical (unpaired) electrons. The zero-order valence-corrected chi connectivity index (χ0v) is 15.1. The molecule has 1 aliphatic heterocycles. The maximum atomic E-state index is 10.5. The van der Waals surface area contributed by atoms with E-state index in [0.29, 0.717) is 19.3 Å². The van der Waals surface area contributed by atoms with E-state index in [4.69, 9.17) is 9.84 Å². The predicted octanol–water partition coefficient (Wildman–Crippen LogP) is 3.41. The van der Waals surface area contributed by atoms with Gasteiger partial charge in [0.15, 0.2) is 0 Å². The molecule has 2 rings (SSSR count). The summed E-state index contributed by atoms with van der Waals surface area (Å²) in [6.07, 6.45) is 12.0. The van der Waals surface area contributed by atoms with Gasteiger partial charge in [-0.05, 0) is 25.3 Å². The van der Waals surface area contributed by atoms with Gasteiger partial charge in [0.25, 0.3) is 0 Å². The molecule has 1 heterocycles. The Balaban J connectivity index is 1.83. The Bertz CT molecular complexity index is 484. The average molecular weight is 352 g/mol. The van der Waals surface area contributed by atoms with Crippen LogP contribution in [0.3, 0.4) is 0 Å².